The zero-order valence-corrected chi connectivity index (χ0v) is 14.4. The van der Waals surface area contributed by atoms with Gasteiger partial charge in [-0.15, -0.1) is 11.3 Å². The number of aryl methyl sites for hydroxylation is 1. The number of nitrogens with zero attached hydrogens (tertiary/aromatic N) is 2. The fourth-order valence-corrected chi connectivity index (χ4v) is 3.16. The Morgan fingerprint density at radius 3 is 2.88 bits per heavy atom. The number of thiazole rings is 1. The van der Waals surface area contributed by atoms with Gasteiger partial charge in [-0.1, -0.05) is 12.1 Å². The van der Waals surface area contributed by atoms with Gasteiger partial charge in [0.25, 0.3) is 0 Å². The Morgan fingerprint density at radius 2 is 2.21 bits per heavy atom. The Hall–Kier alpha value is -2.41. The Kier molecular flexibility index (Phi) is 4.80. The number of carbonyl (C=O) groups excluding carboxylic acids is 2. The molecule has 1 fully saturated rings. The van der Waals surface area contributed by atoms with Crippen LogP contribution in [0.5, 0.6) is 0 Å². The fourth-order valence-electron chi connectivity index (χ4n) is 2.40. The predicted molar refractivity (Wildman–Crippen MR) is 92.2 cm³/mol. The Bertz CT molecular complexity index is 755. The van der Waals surface area contributed by atoms with Crippen molar-refractivity contribution >= 4 is 29.0 Å². The van der Waals surface area contributed by atoms with Crippen molar-refractivity contribution in [2.24, 2.45) is 0 Å². The van der Waals surface area contributed by atoms with E-state index in [4.69, 9.17) is 0 Å². The van der Waals surface area contributed by atoms with E-state index in [1.165, 1.54) is 18.4 Å². The highest BCUT2D eigenvalue weighted by Gasteiger charge is 2.33. The van der Waals surface area contributed by atoms with E-state index in [1.54, 1.807) is 10.3 Å². The molecule has 1 aliphatic carbocycles. The maximum Gasteiger partial charge on any atom is 0.357 e. The molecule has 0 bridgehead atoms. The van der Waals surface area contributed by atoms with E-state index in [9.17, 15) is 9.59 Å². The molecular formula is C17H19N3O3S. The summed E-state index contributed by atoms with van der Waals surface area (Å²) in [7, 11) is 1.33. The summed E-state index contributed by atoms with van der Waals surface area (Å²) in [5.74, 6) is -0.459. The van der Waals surface area contributed by atoms with Gasteiger partial charge in [0, 0.05) is 17.1 Å². The largest absolute Gasteiger partial charge is 0.464 e. The number of hydrogen-bond donors (Lipinski definition) is 1. The first kappa shape index (κ1) is 16.4. The molecule has 6 nitrogen and oxygen atoms in total. The van der Waals surface area contributed by atoms with Crippen LogP contribution in [0, 0.1) is 6.92 Å². The van der Waals surface area contributed by atoms with E-state index in [0.717, 1.165) is 29.1 Å². The fraction of sp³-hybridized carbons (Fsp3) is 0.353. The highest BCUT2D eigenvalue weighted by molar-refractivity contribution is 7.09. The van der Waals surface area contributed by atoms with Crippen LogP contribution in [0.1, 0.15) is 33.9 Å². The Morgan fingerprint density at radius 1 is 1.42 bits per heavy atom. The van der Waals surface area contributed by atoms with Crippen LogP contribution in [0.25, 0.3) is 0 Å². The molecule has 0 saturated heterocycles. The number of aromatic nitrogens is 1. The molecule has 126 valence electrons. The molecule has 1 aromatic carbocycles. The number of amides is 2. The van der Waals surface area contributed by atoms with Crippen LogP contribution in [-0.4, -0.2) is 35.0 Å². The lowest BCUT2D eigenvalue weighted by Gasteiger charge is -2.21. The molecular weight excluding hydrogens is 326 g/mol. The van der Waals surface area contributed by atoms with Crippen LogP contribution in [0.2, 0.25) is 0 Å². The van der Waals surface area contributed by atoms with E-state index in [-0.39, 0.29) is 17.8 Å². The number of rotatable bonds is 5. The molecule has 24 heavy (non-hydrogen) atoms. The number of carbonyl (C=O) groups is 2. The van der Waals surface area contributed by atoms with Gasteiger partial charge in [-0.3, -0.25) is 0 Å². The number of benzene rings is 1. The van der Waals surface area contributed by atoms with E-state index >= 15 is 0 Å². The van der Waals surface area contributed by atoms with E-state index in [1.807, 2.05) is 31.2 Å². The molecule has 0 atom stereocenters. The van der Waals surface area contributed by atoms with Gasteiger partial charge in [0.2, 0.25) is 0 Å². The van der Waals surface area contributed by atoms with Crippen LogP contribution >= 0.6 is 11.3 Å². The summed E-state index contributed by atoms with van der Waals surface area (Å²) in [6.07, 6.45) is 1.99. The van der Waals surface area contributed by atoms with Crippen LogP contribution < -0.4 is 5.32 Å². The Balaban J connectivity index is 1.69. The number of anilines is 1. The van der Waals surface area contributed by atoms with E-state index in [0.29, 0.717) is 6.54 Å². The van der Waals surface area contributed by atoms with Crippen molar-refractivity contribution in [1.29, 1.82) is 0 Å². The zero-order valence-electron chi connectivity index (χ0n) is 13.6. The van der Waals surface area contributed by atoms with Crippen LogP contribution in [0.15, 0.2) is 29.6 Å². The molecule has 2 aromatic rings. The van der Waals surface area contributed by atoms with Crippen LogP contribution in [0.4, 0.5) is 10.5 Å². The van der Waals surface area contributed by atoms with Crippen molar-refractivity contribution in [1.82, 2.24) is 9.88 Å². The molecule has 2 amide bonds. The smallest absolute Gasteiger partial charge is 0.357 e. The predicted octanol–water partition coefficient (Wildman–Crippen LogP) is 3.43. The number of urea groups is 1. The van der Waals surface area contributed by atoms with Gasteiger partial charge >= 0.3 is 12.0 Å². The zero-order chi connectivity index (χ0) is 17.1. The Labute approximate surface area is 144 Å². The van der Waals surface area contributed by atoms with Gasteiger partial charge in [0.1, 0.15) is 5.01 Å². The number of ether oxygens (including phenoxy) is 1. The molecule has 3 rings (SSSR count). The van der Waals surface area contributed by atoms with Crippen molar-refractivity contribution in [3.05, 3.63) is 45.9 Å². The minimum atomic E-state index is -0.459. The highest BCUT2D eigenvalue weighted by atomic mass is 32.1. The van der Waals surface area contributed by atoms with Crippen molar-refractivity contribution in [3.8, 4) is 0 Å². The van der Waals surface area contributed by atoms with Crippen molar-refractivity contribution in [2.75, 3.05) is 12.4 Å². The van der Waals surface area contributed by atoms with E-state index in [2.05, 4.69) is 15.0 Å². The molecule has 0 aliphatic heterocycles. The molecule has 1 heterocycles. The molecule has 7 heteroatoms. The maximum absolute atomic E-state index is 12.6. The van der Waals surface area contributed by atoms with Gasteiger partial charge in [0.05, 0.1) is 13.7 Å². The standard InChI is InChI=1S/C17H19N3O3S/c1-11-4-3-5-12(8-11)18-17(22)20(13-6-7-13)9-15-19-14(10-24-15)16(21)23-2/h3-5,8,10,13H,6-7,9H2,1-2H3,(H,18,22). The van der Waals surface area contributed by atoms with Gasteiger partial charge < -0.3 is 15.0 Å². The lowest BCUT2D eigenvalue weighted by atomic mass is 10.2. The SMILES string of the molecule is COC(=O)c1csc(CN(C(=O)Nc2cccc(C)c2)C2CC2)n1. The van der Waals surface area contributed by atoms with Crippen LogP contribution in [0.3, 0.4) is 0 Å². The number of esters is 1. The van der Waals surface area contributed by atoms with Gasteiger partial charge in [-0.2, -0.15) is 0 Å². The molecule has 0 spiro atoms. The monoisotopic (exact) mass is 345 g/mol. The first-order chi connectivity index (χ1) is 11.6. The minimum absolute atomic E-state index is 0.141. The van der Waals surface area contributed by atoms with Gasteiger partial charge in [0.15, 0.2) is 5.69 Å². The van der Waals surface area contributed by atoms with Crippen molar-refractivity contribution < 1.29 is 14.3 Å². The second-order valence-corrected chi connectivity index (χ2v) is 6.72. The number of methoxy groups -OCH3 is 1. The van der Waals surface area contributed by atoms with Crippen molar-refractivity contribution in [2.45, 2.75) is 32.4 Å². The third-order valence-corrected chi connectivity index (χ3v) is 4.60. The molecule has 1 saturated carbocycles. The second-order valence-electron chi connectivity index (χ2n) is 5.78. The maximum atomic E-state index is 12.6. The highest BCUT2D eigenvalue weighted by Crippen LogP contribution is 2.29. The lowest BCUT2D eigenvalue weighted by molar-refractivity contribution is 0.0594. The second kappa shape index (κ2) is 7.00. The number of hydrogen-bond acceptors (Lipinski definition) is 5. The summed E-state index contributed by atoms with van der Waals surface area (Å²) in [5, 5.41) is 5.32. The molecule has 1 aromatic heterocycles. The van der Waals surface area contributed by atoms with Gasteiger partial charge in [-0.05, 0) is 37.5 Å². The first-order valence-electron chi connectivity index (χ1n) is 7.74. The topological polar surface area (TPSA) is 71.5 Å². The van der Waals surface area contributed by atoms with Crippen molar-refractivity contribution in [3.63, 3.8) is 0 Å². The average Bonchev–Trinajstić information content (AvgIpc) is 3.29. The summed E-state index contributed by atoms with van der Waals surface area (Å²) >= 11 is 1.36. The van der Waals surface area contributed by atoms with Crippen LogP contribution in [-0.2, 0) is 11.3 Å². The molecule has 1 aliphatic rings. The number of nitrogens with one attached hydrogen (secondary N) is 1. The average molecular weight is 345 g/mol. The summed E-state index contributed by atoms with van der Waals surface area (Å²) < 4.78 is 4.66. The quantitative estimate of drug-likeness (QED) is 0.843. The summed E-state index contributed by atoms with van der Waals surface area (Å²) in [6.45, 7) is 2.38. The third kappa shape index (κ3) is 3.91. The molecule has 0 unspecified atom stereocenters. The minimum Gasteiger partial charge on any atom is -0.464 e. The summed E-state index contributed by atoms with van der Waals surface area (Å²) in [5.41, 5.74) is 2.15. The normalized spacial score (nSPS) is 13.4. The summed E-state index contributed by atoms with van der Waals surface area (Å²) in [4.78, 5) is 30.1. The molecule has 1 N–H and O–H groups in total. The van der Waals surface area contributed by atoms with Gasteiger partial charge in [-0.25, -0.2) is 14.6 Å². The molecule has 0 radical (unpaired) electrons. The van der Waals surface area contributed by atoms with E-state index < -0.39 is 5.97 Å². The first-order valence-corrected chi connectivity index (χ1v) is 8.62. The summed E-state index contributed by atoms with van der Waals surface area (Å²) in [6, 6.07) is 7.79. The lowest BCUT2D eigenvalue weighted by Crippen LogP contribution is -2.36. The third-order valence-electron chi connectivity index (χ3n) is 3.77.